The van der Waals surface area contributed by atoms with Crippen molar-refractivity contribution in [2.24, 2.45) is 0 Å². The fourth-order valence-electron chi connectivity index (χ4n) is 8.75. The summed E-state index contributed by atoms with van der Waals surface area (Å²) < 4.78 is 0. The van der Waals surface area contributed by atoms with Gasteiger partial charge in [0.15, 0.2) is 5.82 Å². The van der Waals surface area contributed by atoms with Crippen LogP contribution < -0.4 is 0 Å². The standard InChI is InChI=1S/C52H42N2/c1-5-6-23-39-34(2)28-29-45-49-43(26-16-27-46(49)52(3,4)50(39)45)42-30-31-44(41-25-14-13-24-40(41)42)51-53-47(36-19-11-8-12-20-36)33-48(54-51)38-22-15-21-37(32-38)35-17-9-7-10-18-35/h5-27,30-33H,1,28-29H2,2-4H3/b23-6-. The number of fused-ring (bicyclic) bond motifs is 3. The number of allylic oxidation sites excluding steroid dienone is 7. The van der Waals surface area contributed by atoms with E-state index in [4.69, 9.17) is 9.97 Å². The monoisotopic (exact) mass is 694 g/mol. The number of aromatic nitrogens is 2. The Balaban J connectivity index is 1.23. The molecule has 0 amide bonds. The molecule has 2 aliphatic rings. The van der Waals surface area contributed by atoms with Crippen LogP contribution in [0.25, 0.3) is 72.5 Å². The second-order valence-electron chi connectivity index (χ2n) is 15.0. The van der Waals surface area contributed by atoms with Crippen LogP contribution in [-0.2, 0) is 5.41 Å². The molecule has 0 saturated heterocycles. The third kappa shape index (κ3) is 5.67. The van der Waals surface area contributed by atoms with Crippen LogP contribution in [0.1, 0.15) is 44.7 Å². The zero-order valence-electron chi connectivity index (χ0n) is 31.1. The van der Waals surface area contributed by atoms with Gasteiger partial charge in [-0.2, -0.15) is 0 Å². The summed E-state index contributed by atoms with van der Waals surface area (Å²) in [7, 11) is 0. The topological polar surface area (TPSA) is 25.8 Å². The van der Waals surface area contributed by atoms with Crippen LogP contribution in [0.15, 0.2) is 187 Å². The minimum Gasteiger partial charge on any atom is -0.228 e. The molecule has 0 aliphatic heterocycles. The van der Waals surface area contributed by atoms with E-state index in [-0.39, 0.29) is 5.41 Å². The van der Waals surface area contributed by atoms with Crippen LogP contribution in [0.5, 0.6) is 0 Å². The maximum Gasteiger partial charge on any atom is 0.161 e. The Morgan fingerprint density at radius 1 is 0.574 bits per heavy atom. The zero-order chi connectivity index (χ0) is 36.8. The second-order valence-corrected chi connectivity index (χ2v) is 15.0. The van der Waals surface area contributed by atoms with Crippen LogP contribution in [0.3, 0.4) is 0 Å². The van der Waals surface area contributed by atoms with Gasteiger partial charge in [0.25, 0.3) is 0 Å². The lowest BCUT2D eigenvalue weighted by molar-refractivity contribution is 0.643. The molecule has 6 aromatic carbocycles. The molecule has 0 atom stereocenters. The largest absolute Gasteiger partial charge is 0.228 e. The van der Waals surface area contributed by atoms with Crippen molar-refractivity contribution in [3.8, 4) is 56.2 Å². The highest BCUT2D eigenvalue weighted by atomic mass is 14.9. The summed E-state index contributed by atoms with van der Waals surface area (Å²) >= 11 is 0. The van der Waals surface area contributed by atoms with E-state index in [1.165, 1.54) is 55.5 Å². The van der Waals surface area contributed by atoms with E-state index in [1.807, 2.05) is 12.1 Å². The normalized spacial score (nSPS) is 14.8. The minimum absolute atomic E-state index is 0.112. The molecule has 9 rings (SSSR count). The fraction of sp³-hybridized carbons (Fsp3) is 0.115. The smallest absolute Gasteiger partial charge is 0.161 e. The summed E-state index contributed by atoms with van der Waals surface area (Å²) in [6.45, 7) is 11.0. The van der Waals surface area contributed by atoms with Crippen molar-refractivity contribution in [1.82, 2.24) is 9.97 Å². The van der Waals surface area contributed by atoms with Crippen LogP contribution >= 0.6 is 0 Å². The van der Waals surface area contributed by atoms with Crippen molar-refractivity contribution in [2.45, 2.75) is 39.0 Å². The molecular weight excluding hydrogens is 653 g/mol. The quantitative estimate of drug-likeness (QED) is 0.155. The average Bonchev–Trinajstić information content (AvgIpc) is 3.46. The molecule has 2 aliphatic carbocycles. The molecule has 0 N–H and O–H groups in total. The number of nitrogens with zero attached hydrogens (tertiary/aromatic N) is 2. The summed E-state index contributed by atoms with van der Waals surface area (Å²) in [5, 5.41) is 2.34. The van der Waals surface area contributed by atoms with Gasteiger partial charge < -0.3 is 0 Å². The molecule has 0 bridgehead atoms. The fourth-order valence-corrected chi connectivity index (χ4v) is 8.75. The summed E-state index contributed by atoms with van der Waals surface area (Å²) in [4.78, 5) is 10.6. The lowest BCUT2D eigenvalue weighted by Gasteiger charge is -2.29. The molecule has 2 heteroatoms. The molecule has 54 heavy (non-hydrogen) atoms. The number of benzene rings is 6. The van der Waals surface area contributed by atoms with E-state index in [0.29, 0.717) is 0 Å². The molecule has 7 aromatic rings. The first-order valence-corrected chi connectivity index (χ1v) is 18.9. The van der Waals surface area contributed by atoms with Crippen LogP contribution in [0.4, 0.5) is 0 Å². The highest BCUT2D eigenvalue weighted by Crippen LogP contribution is 2.56. The molecule has 0 fully saturated rings. The van der Waals surface area contributed by atoms with Gasteiger partial charge in [0.1, 0.15) is 0 Å². The van der Waals surface area contributed by atoms with Gasteiger partial charge in [-0.25, -0.2) is 9.97 Å². The summed E-state index contributed by atoms with van der Waals surface area (Å²) in [6.07, 6.45) is 8.34. The van der Waals surface area contributed by atoms with Gasteiger partial charge in [0.2, 0.25) is 0 Å². The molecule has 0 spiro atoms. The minimum atomic E-state index is -0.112. The summed E-state index contributed by atoms with van der Waals surface area (Å²) in [5.74, 6) is 0.718. The van der Waals surface area contributed by atoms with E-state index >= 15 is 0 Å². The van der Waals surface area contributed by atoms with Gasteiger partial charge in [0, 0.05) is 22.1 Å². The van der Waals surface area contributed by atoms with Gasteiger partial charge >= 0.3 is 0 Å². The number of rotatable bonds is 7. The van der Waals surface area contributed by atoms with Crippen LogP contribution in [0, 0.1) is 0 Å². The lowest BCUT2D eigenvalue weighted by Crippen LogP contribution is -2.19. The highest BCUT2D eigenvalue weighted by Gasteiger charge is 2.41. The van der Waals surface area contributed by atoms with E-state index in [2.05, 4.69) is 179 Å². The molecule has 0 unspecified atom stereocenters. The van der Waals surface area contributed by atoms with Crippen molar-refractivity contribution in [2.75, 3.05) is 0 Å². The van der Waals surface area contributed by atoms with Crippen molar-refractivity contribution in [3.63, 3.8) is 0 Å². The Hall–Kier alpha value is -6.38. The zero-order valence-corrected chi connectivity index (χ0v) is 31.1. The summed E-state index contributed by atoms with van der Waals surface area (Å²) in [6, 6.07) is 52.0. The van der Waals surface area contributed by atoms with Crippen molar-refractivity contribution in [1.29, 1.82) is 0 Å². The number of hydrogen-bond acceptors (Lipinski definition) is 2. The van der Waals surface area contributed by atoms with Crippen LogP contribution in [0.2, 0.25) is 0 Å². The Labute approximate surface area is 318 Å². The highest BCUT2D eigenvalue weighted by molar-refractivity contribution is 6.07. The van der Waals surface area contributed by atoms with Crippen molar-refractivity contribution in [3.05, 3.63) is 198 Å². The maximum absolute atomic E-state index is 5.32. The SMILES string of the molecule is C=C/C=C\C1=C(C)CCC2=C1C(C)(C)c1cccc(-c3ccc(-c4nc(-c5ccccc5)cc(-c5cccc(-c6ccccc6)c5)n4)c4ccccc34)c12. The first-order chi connectivity index (χ1) is 26.4. The van der Waals surface area contributed by atoms with E-state index in [9.17, 15) is 0 Å². The van der Waals surface area contributed by atoms with E-state index in [0.717, 1.165) is 57.7 Å². The molecular formula is C52H42N2. The number of hydrogen-bond donors (Lipinski definition) is 0. The van der Waals surface area contributed by atoms with Crippen molar-refractivity contribution < 1.29 is 0 Å². The average molecular weight is 695 g/mol. The first-order valence-electron chi connectivity index (χ1n) is 18.9. The van der Waals surface area contributed by atoms with E-state index in [1.54, 1.807) is 0 Å². The lowest BCUT2D eigenvalue weighted by atomic mass is 9.74. The molecule has 1 heterocycles. The van der Waals surface area contributed by atoms with E-state index < -0.39 is 0 Å². The van der Waals surface area contributed by atoms with Gasteiger partial charge in [-0.05, 0) is 98.8 Å². The second kappa shape index (κ2) is 13.5. The molecule has 1 aromatic heterocycles. The molecule has 2 nitrogen and oxygen atoms in total. The van der Waals surface area contributed by atoms with Gasteiger partial charge in [0.05, 0.1) is 11.4 Å². The predicted molar refractivity (Wildman–Crippen MR) is 228 cm³/mol. The molecule has 260 valence electrons. The Kier molecular flexibility index (Phi) is 8.39. The Morgan fingerprint density at radius 3 is 1.93 bits per heavy atom. The Morgan fingerprint density at radius 2 is 1.19 bits per heavy atom. The molecule has 0 radical (unpaired) electrons. The van der Waals surface area contributed by atoms with Gasteiger partial charge in [-0.15, -0.1) is 0 Å². The predicted octanol–water partition coefficient (Wildman–Crippen LogP) is 13.9. The summed E-state index contributed by atoms with van der Waals surface area (Å²) in [5.41, 5.74) is 18.3. The van der Waals surface area contributed by atoms with Gasteiger partial charge in [-0.1, -0.05) is 172 Å². The first kappa shape index (κ1) is 33.5. The third-order valence-electron chi connectivity index (χ3n) is 11.4. The Bertz CT molecular complexity index is 2690. The van der Waals surface area contributed by atoms with Crippen molar-refractivity contribution >= 4 is 16.3 Å². The van der Waals surface area contributed by atoms with Gasteiger partial charge in [-0.3, -0.25) is 0 Å². The maximum atomic E-state index is 5.32. The van der Waals surface area contributed by atoms with Crippen LogP contribution in [-0.4, -0.2) is 9.97 Å². The third-order valence-corrected chi connectivity index (χ3v) is 11.4. The molecule has 0 saturated carbocycles.